The molecule has 2 heterocycles. The summed E-state index contributed by atoms with van der Waals surface area (Å²) in [6.45, 7) is 6.43. The molecule has 0 bridgehead atoms. The fraction of sp³-hybridized carbons (Fsp3) is 0.222. The number of aliphatic hydroxyl groups excluding tert-OH is 1. The third-order valence-corrected chi connectivity index (χ3v) is 5.64. The van der Waals surface area contributed by atoms with Crippen LogP contribution in [0.5, 0.6) is 5.75 Å². The average Bonchev–Trinajstić information content (AvgIpc) is 3.10. The van der Waals surface area contributed by atoms with Crippen molar-refractivity contribution in [3.63, 3.8) is 0 Å². The maximum absolute atomic E-state index is 13.3. The summed E-state index contributed by atoms with van der Waals surface area (Å²) in [5, 5.41) is 11.2. The van der Waals surface area contributed by atoms with E-state index in [0.717, 1.165) is 17.5 Å². The van der Waals surface area contributed by atoms with E-state index in [2.05, 4.69) is 4.98 Å². The minimum absolute atomic E-state index is 0.0156. The Morgan fingerprint density at radius 2 is 1.82 bits per heavy atom. The quantitative estimate of drug-likeness (QED) is 0.326. The topological polar surface area (TPSA) is 79.7 Å². The second kappa shape index (κ2) is 9.28. The van der Waals surface area contributed by atoms with E-state index in [1.165, 1.54) is 4.90 Å². The molecule has 1 atom stereocenters. The van der Waals surface area contributed by atoms with Crippen molar-refractivity contribution in [1.29, 1.82) is 0 Å². The molecule has 1 saturated heterocycles. The van der Waals surface area contributed by atoms with Crippen LogP contribution in [0.15, 0.2) is 72.4 Å². The van der Waals surface area contributed by atoms with E-state index >= 15 is 0 Å². The van der Waals surface area contributed by atoms with Gasteiger partial charge in [-0.25, -0.2) is 0 Å². The number of Topliss-reactive ketones (excluding diaryl/α,β-unsaturated/α-hetero) is 1. The number of aliphatic hydroxyl groups is 1. The largest absolute Gasteiger partial charge is 0.507 e. The summed E-state index contributed by atoms with van der Waals surface area (Å²) in [5.41, 5.74) is 3.37. The van der Waals surface area contributed by atoms with Crippen LogP contribution < -0.4 is 9.64 Å². The number of amides is 1. The fourth-order valence-electron chi connectivity index (χ4n) is 3.96. The Kier molecular flexibility index (Phi) is 6.27. The number of ketones is 1. The third-order valence-electron chi connectivity index (χ3n) is 5.64. The number of hydrogen-bond donors (Lipinski definition) is 1. The smallest absolute Gasteiger partial charge is 0.300 e. The Hall–Kier alpha value is -3.93. The van der Waals surface area contributed by atoms with Crippen LogP contribution in [0.25, 0.3) is 5.76 Å². The second-order valence-electron chi connectivity index (χ2n) is 8.09. The highest BCUT2D eigenvalue weighted by atomic mass is 16.5. The van der Waals surface area contributed by atoms with Crippen molar-refractivity contribution >= 4 is 23.1 Å². The Balaban J connectivity index is 1.86. The number of carbonyl (C=O) groups excluding carboxylic acids is 2. The van der Waals surface area contributed by atoms with Gasteiger partial charge in [0.2, 0.25) is 0 Å². The third kappa shape index (κ3) is 4.24. The zero-order valence-electron chi connectivity index (χ0n) is 18.9. The minimum Gasteiger partial charge on any atom is -0.507 e. The lowest BCUT2D eigenvalue weighted by Gasteiger charge is -2.26. The fourth-order valence-corrected chi connectivity index (χ4v) is 3.96. The van der Waals surface area contributed by atoms with Crippen LogP contribution in [0.4, 0.5) is 5.69 Å². The number of hydrogen-bond acceptors (Lipinski definition) is 5. The molecule has 0 spiro atoms. The summed E-state index contributed by atoms with van der Waals surface area (Å²) in [7, 11) is 0. The number of carbonyl (C=O) groups is 2. The van der Waals surface area contributed by atoms with Gasteiger partial charge in [-0.1, -0.05) is 25.1 Å². The molecule has 1 unspecified atom stereocenters. The molecule has 168 valence electrons. The van der Waals surface area contributed by atoms with Crippen molar-refractivity contribution in [2.24, 2.45) is 0 Å². The molecule has 0 radical (unpaired) electrons. The molecule has 6 nitrogen and oxygen atoms in total. The normalized spacial score (nSPS) is 17.4. The Labute approximate surface area is 193 Å². The molecule has 2 aromatic carbocycles. The van der Waals surface area contributed by atoms with E-state index in [0.29, 0.717) is 29.3 Å². The first kappa shape index (κ1) is 22.3. The van der Waals surface area contributed by atoms with Crippen molar-refractivity contribution in [2.75, 3.05) is 11.5 Å². The van der Waals surface area contributed by atoms with Crippen LogP contribution >= 0.6 is 0 Å². The molecule has 1 fully saturated rings. The number of nitrogens with zero attached hydrogens (tertiary/aromatic N) is 2. The van der Waals surface area contributed by atoms with Gasteiger partial charge < -0.3 is 9.84 Å². The number of aromatic nitrogens is 1. The minimum atomic E-state index is -0.845. The summed E-state index contributed by atoms with van der Waals surface area (Å²) >= 11 is 0. The first-order valence-corrected chi connectivity index (χ1v) is 10.9. The summed E-state index contributed by atoms with van der Waals surface area (Å²) < 4.78 is 5.61. The van der Waals surface area contributed by atoms with E-state index in [4.69, 9.17) is 4.74 Å². The maximum atomic E-state index is 13.3. The van der Waals surface area contributed by atoms with Crippen LogP contribution in [0.1, 0.15) is 41.8 Å². The van der Waals surface area contributed by atoms with Gasteiger partial charge in [-0.15, -0.1) is 0 Å². The molecule has 6 heteroatoms. The van der Waals surface area contributed by atoms with E-state index in [9.17, 15) is 14.7 Å². The Morgan fingerprint density at radius 1 is 1.06 bits per heavy atom. The molecular formula is C27H26N2O4. The van der Waals surface area contributed by atoms with E-state index in [1.807, 2.05) is 39.0 Å². The molecule has 1 N–H and O–H groups in total. The van der Waals surface area contributed by atoms with Crippen LogP contribution in [0.3, 0.4) is 0 Å². The summed E-state index contributed by atoms with van der Waals surface area (Å²) in [6, 6.07) is 17.0. The van der Waals surface area contributed by atoms with E-state index < -0.39 is 17.7 Å². The van der Waals surface area contributed by atoms with Crippen LogP contribution in [0, 0.1) is 13.8 Å². The number of benzene rings is 2. The van der Waals surface area contributed by atoms with Crippen LogP contribution in [-0.2, 0) is 9.59 Å². The lowest BCUT2D eigenvalue weighted by molar-refractivity contribution is -0.132. The SMILES string of the molecule is CCCOc1ccc(/C(O)=C2\C(=O)C(=O)N(c3cc(C)ccc3C)C2c2ccccn2)cc1. The van der Waals surface area contributed by atoms with Gasteiger partial charge in [0.15, 0.2) is 0 Å². The van der Waals surface area contributed by atoms with Gasteiger partial charge >= 0.3 is 0 Å². The van der Waals surface area contributed by atoms with Crippen molar-refractivity contribution in [3.05, 3.63) is 94.8 Å². The standard InChI is InChI=1S/C27H26N2O4/c1-4-15-33-20-12-10-19(11-13-20)25(30)23-24(21-7-5-6-14-28-21)29(27(32)26(23)31)22-16-17(2)8-9-18(22)3/h5-14,16,24,30H,4,15H2,1-3H3/b25-23+. The second-order valence-corrected chi connectivity index (χ2v) is 8.09. The zero-order valence-corrected chi connectivity index (χ0v) is 18.9. The highest BCUT2D eigenvalue weighted by molar-refractivity contribution is 6.51. The van der Waals surface area contributed by atoms with Gasteiger partial charge in [-0.2, -0.15) is 0 Å². The highest BCUT2D eigenvalue weighted by Crippen LogP contribution is 2.42. The monoisotopic (exact) mass is 442 g/mol. The molecule has 3 aromatic rings. The Morgan fingerprint density at radius 3 is 2.48 bits per heavy atom. The number of ether oxygens (including phenoxy) is 1. The molecule has 0 saturated carbocycles. The molecule has 1 aromatic heterocycles. The number of anilines is 1. The molecule has 1 aliphatic heterocycles. The predicted octanol–water partition coefficient (Wildman–Crippen LogP) is 5.11. The van der Waals surface area contributed by atoms with Gasteiger partial charge in [0, 0.05) is 17.4 Å². The van der Waals surface area contributed by atoms with Gasteiger partial charge in [-0.05, 0) is 73.9 Å². The predicted molar refractivity (Wildman–Crippen MR) is 127 cm³/mol. The van der Waals surface area contributed by atoms with E-state index in [-0.39, 0.29) is 11.3 Å². The first-order valence-electron chi connectivity index (χ1n) is 10.9. The van der Waals surface area contributed by atoms with Crippen molar-refractivity contribution < 1.29 is 19.4 Å². The lowest BCUT2D eigenvalue weighted by atomic mass is 9.97. The number of rotatable bonds is 6. The van der Waals surface area contributed by atoms with Crippen molar-refractivity contribution in [1.82, 2.24) is 4.98 Å². The summed E-state index contributed by atoms with van der Waals surface area (Å²) in [5.74, 6) is -0.997. The molecule has 0 aliphatic carbocycles. The highest BCUT2D eigenvalue weighted by Gasteiger charge is 2.48. The number of aryl methyl sites for hydroxylation is 2. The number of pyridine rings is 1. The maximum Gasteiger partial charge on any atom is 0.300 e. The van der Waals surface area contributed by atoms with Crippen molar-refractivity contribution in [3.8, 4) is 5.75 Å². The first-order chi connectivity index (χ1) is 15.9. The van der Waals surface area contributed by atoms with Gasteiger partial charge in [0.05, 0.1) is 17.9 Å². The summed E-state index contributed by atoms with van der Waals surface area (Å²) in [4.78, 5) is 32.3. The molecule has 4 rings (SSSR count). The van der Waals surface area contributed by atoms with Crippen molar-refractivity contribution in [2.45, 2.75) is 33.2 Å². The lowest BCUT2D eigenvalue weighted by Crippen LogP contribution is -2.30. The summed E-state index contributed by atoms with van der Waals surface area (Å²) in [6.07, 6.45) is 2.49. The molecule has 1 amide bonds. The van der Waals surface area contributed by atoms with Crippen LogP contribution in [-0.4, -0.2) is 28.4 Å². The van der Waals surface area contributed by atoms with Gasteiger partial charge in [0.1, 0.15) is 17.6 Å². The average molecular weight is 443 g/mol. The molecule has 1 aliphatic rings. The molecular weight excluding hydrogens is 416 g/mol. The van der Waals surface area contributed by atoms with Gasteiger partial charge in [0.25, 0.3) is 11.7 Å². The molecule has 33 heavy (non-hydrogen) atoms. The van der Waals surface area contributed by atoms with Gasteiger partial charge in [-0.3, -0.25) is 19.5 Å². The Bertz CT molecular complexity index is 1220. The van der Waals surface area contributed by atoms with E-state index in [1.54, 1.807) is 48.7 Å². The van der Waals surface area contributed by atoms with Crippen LogP contribution in [0.2, 0.25) is 0 Å². The zero-order chi connectivity index (χ0) is 23.5.